The number of nitrogens with one attached hydrogen (secondary N) is 2. The van der Waals surface area contributed by atoms with E-state index in [0.717, 1.165) is 10.6 Å². The smallest absolute Gasteiger partial charge is 0.256 e. The number of benzene rings is 1. The average molecular weight is 417 g/mol. The standard InChI is InChI=1S/C20H21F2N5OS/c1-29-15-6-4-13(5-7-15)24-17-8-10-27-18(26-17)16(12-23-27)19(28)25-14-3-2-9-20(21,22)11-14/h4-8,10,12,14H,2-3,9,11H2,1H3,(H,24,26)(H,25,28). The quantitative estimate of drug-likeness (QED) is 0.598. The van der Waals surface area contributed by atoms with Crippen molar-refractivity contribution in [3.05, 3.63) is 48.3 Å². The van der Waals surface area contributed by atoms with E-state index in [9.17, 15) is 13.6 Å². The number of anilines is 2. The number of nitrogens with zero attached hydrogens (tertiary/aromatic N) is 3. The van der Waals surface area contributed by atoms with Crippen molar-refractivity contribution >= 4 is 34.8 Å². The topological polar surface area (TPSA) is 71.3 Å². The molecule has 0 radical (unpaired) electrons. The highest BCUT2D eigenvalue weighted by molar-refractivity contribution is 7.98. The molecule has 1 aliphatic rings. The molecule has 1 aromatic carbocycles. The van der Waals surface area contributed by atoms with Crippen LogP contribution in [0.5, 0.6) is 0 Å². The summed E-state index contributed by atoms with van der Waals surface area (Å²) in [5, 5.41) is 10.1. The number of carbonyl (C=O) groups excluding carboxylic acids is 1. The van der Waals surface area contributed by atoms with Crippen LogP contribution in [-0.4, -0.2) is 38.7 Å². The Morgan fingerprint density at radius 2 is 2.07 bits per heavy atom. The van der Waals surface area contributed by atoms with Crippen LogP contribution >= 0.6 is 11.8 Å². The first kappa shape index (κ1) is 19.6. The Morgan fingerprint density at radius 3 is 2.79 bits per heavy atom. The maximum absolute atomic E-state index is 13.6. The van der Waals surface area contributed by atoms with Crippen molar-refractivity contribution < 1.29 is 13.6 Å². The predicted octanol–water partition coefficient (Wildman–Crippen LogP) is 4.50. The van der Waals surface area contributed by atoms with Gasteiger partial charge in [-0.05, 0) is 49.4 Å². The molecule has 0 spiro atoms. The third kappa shape index (κ3) is 4.50. The van der Waals surface area contributed by atoms with Crippen LogP contribution in [0.1, 0.15) is 36.0 Å². The minimum Gasteiger partial charge on any atom is -0.349 e. The van der Waals surface area contributed by atoms with Crippen molar-refractivity contribution in [2.24, 2.45) is 0 Å². The summed E-state index contributed by atoms with van der Waals surface area (Å²) in [4.78, 5) is 18.3. The number of carbonyl (C=O) groups is 1. The molecule has 6 nitrogen and oxygen atoms in total. The zero-order valence-corrected chi connectivity index (χ0v) is 16.7. The summed E-state index contributed by atoms with van der Waals surface area (Å²) in [5.41, 5.74) is 1.51. The lowest BCUT2D eigenvalue weighted by Gasteiger charge is -2.29. The van der Waals surface area contributed by atoms with Crippen LogP contribution in [0.4, 0.5) is 20.3 Å². The molecular formula is C20H21F2N5OS. The second-order valence-corrected chi connectivity index (χ2v) is 8.00. The van der Waals surface area contributed by atoms with Crippen LogP contribution in [-0.2, 0) is 0 Å². The highest BCUT2D eigenvalue weighted by Crippen LogP contribution is 2.33. The van der Waals surface area contributed by atoms with Crippen LogP contribution in [0.2, 0.25) is 0 Å². The summed E-state index contributed by atoms with van der Waals surface area (Å²) in [6.07, 6.45) is 5.62. The van der Waals surface area contributed by atoms with Crippen LogP contribution < -0.4 is 10.6 Å². The minimum atomic E-state index is -2.72. The molecule has 0 aliphatic heterocycles. The second-order valence-electron chi connectivity index (χ2n) is 7.12. The van der Waals surface area contributed by atoms with E-state index in [1.807, 2.05) is 30.5 Å². The highest BCUT2D eigenvalue weighted by Gasteiger charge is 2.37. The highest BCUT2D eigenvalue weighted by atomic mass is 32.2. The lowest BCUT2D eigenvalue weighted by Crippen LogP contribution is -2.42. The summed E-state index contributed by atoms with van der Waals surface area (Å²) in [6, 6.07) is 9.12. The van der Waals surface area contributed by atoms with E-state index in [-0.39, 0.29) is 18.4 Å². The number of aromatic nitrogens is 3. The molecule has 3 aromatic rings. The first-order chi connectivity index (χ1) is 13.9. The summed E-state index contributed by atoms with van der Waals surface area (Å²) >= 11 is 1.66. The summed E-state index contributed by atoms with van der Waals surface area (Å²) in [6.45, 7) is 0. The van der Waals surface area contributed by atoms with Gasteiger partial charge in [-0.25, -0.2) is 18.3 Å². The van der Waals surface area contributed by atoms with Crippen molar-refractivity contribution in [1.29, 1.82) is 0 Å². The molecule has 1 atom stereocenters. The monoisotopic (exact) mass is 417 g/mol. The molecule has 1 fully saturated rings. The van der Waals surface area contributed by atoms with Crippen molar-refractivity contribution in [2.45, 2.75) is 42.5 Å². The zero-order valence-electron chi connectivity index (χ0n) is 15.9. The number of hydrogen-bond donors (Lipinski definition) is 2. The fourth-order valence-corrected chi connectivity index (χ4v) is 3.89. The lowest BCUT2D eigenvalue weighted by molar-refractivity contribution is -0.0429. The third-order valence-electron chi connectivity index (χ3n) is 4.95. The van der Waals surface area contributed by atoms with Gasteiger partial charge in [0.2, 0.25) is 5.92 Å². The van der Waals surface area contributed by atoms with Gasteiger partial charge in [-0.1, -0.05) is 0 Å². The Labute approximate surface area is 171 Å². The molecule has 1 amide bonds. The second kappa shape index (κ2) is 7.98. The van der Waals surface area contributed by atoms with E-state index in [1.165, 1.54) is 10.7 Å². The Kier molecular flexibility index (Phi) is 5.40. The Morgan fingerprint density at radius 1 is 1.28 bits per heavy atom. The zero-order chi connectivity index (χ0) is 20.4. The predicted molar refractivity (Wildman–Crippen MR) is 109 cm³/mol. The van der Waals surface area contributed by atoms with E-state index in [2.05, 4.69) is 20.7 Å². The fraction of sp³-hybridized carbons (Fsp3) is 0.350. The number of thioether (sulfide) groups is 1. The Balaban J connectivity index is 1.52. The van der Waals surface area contributed by atoms with E-state index >= 15 is 0 Å². The van der Waals surface area contributed by atoms with Gasteiger partial charge < -0.3 is 10.6 Å². The maximum atomic E-state index is 13.6. The maximum Gasteiger partial charge on any atom is 0.256 e. The van der Waals surface area contributed by atoms with Crippen LogP contribution in [0.15, 0.2) is 47.6 Å². The lowest BCUT2D eigenvalue weighted by atomic mass is 9.92. The first-order valence-corrected chi connectivity index (χ1v) is 10.6. The largest absolute Gasteiger partial charge is 0.349 e. The van der Waals surface area contributed by atoms with Gasteiger partial charge in [-0.3, -0.25) is 4.79 Å². The van der Waals surface area contributed by atoms with Gasteiger partial charge in [0.05, 0.1) is 6.20 Å². The number of halogens is 2. The molecule has 29 heavy (non-hydrogen) atoms. The molecule has 1 saturated carbocycles. The van der Waals surface area contributed by atoms with Gasteiger partial charge in [0, 0.05) is 35.7 Å². The van der Waals surface area contributed by atoms with Crippen LogP contribution in [0, 0.1) is 0 Å². The summed E-state index contributed by atoms with van der Waals surface area (Å²) in [7, 11) is 0. The van der Waals surface area contributed by atoms with Gasteiger partial charge in [0.15, 0.2) is 5.65 Å². The van der Waals surface area contributed by atoms with Crippen LogP contribution in [0.3, 0.4) is 0 Å². The van der Waals surface area contributed by atoms with E-state index in [1.54, 1.807) is 24.0 Å². The molecule has 1 unspecified atom stereocenters. The van der Waals surface area contributed by atoms with Crippen molar-refractivity contribution in [1.82, 2.24) is 19.9 Å². The molecule has 2 aromatic heterocycles. The van der Waals surface area contributed by atoms with Gasteiger partial charge >= 0.3 is 0 Å². The van der Waals surface area contributed by atoms with Crippen molar-refractivity contribution in [3.63, 3.8) is 0 Å². The molecular weight excluding hydrogens is 396 g/mol. The average Bonchev–Trinajstić information content (AvgIpc) is 3.11. The van der Waals surface area contributed by atoms with Crippen molar-refractivity contribution in [2.75, 3.05) is 11.6 Å². The molecule has 0 bridgehead atoms. The first-order valence-electron chi connectivity index (χ1n) is 9.38. The molecule has 9 heteroatoms. The van der Waals surface area contributed by atoms with E-state index < -0.39 is 17.9 Å². The molecule has 2 heterocycles. The molecule has 4 rings (SSSR count). The Bertz CT molecular complexity index is 1020. The fourth-order valence-electron chi connectivity index (χ4n) is 3.48. The SMILES string of the molecule is CSc1ccc(Nc2ccn3ncc(C(=O)NC4CCCC(F)(F)C4)c3n2)cc1. The normalized spacial score (nSPS) is 18.5. The van der Waals surface area contributed by atoms with E-state index in [4.69, 9.17) is 0 Å². The van der Waals surface area contributed by atoms with Crippen LogP contribution in [0.25, 0.3) is 5.65 Å². The summed E-state index contributed by atoms with van der Waals surface area (Å²) in [5.74, 6) is -2.59. The molecule has 0 saturated heterocycles. The molecule has 1 aliphatic carbocycles. The number of rotatable bonds is 5. The van der Waals surface area contributed by atoms with Crippen molar-refractivity contribution in [3.8, 4) is 0 Å². The van der Waals surface area contributed by atoms with Gasteiger partial charge in [-0.2, -0.15) is 5.10 Å². The van der Waals surface area contributed by atoms with Gasteiger partial charge in [0.1, 0.15) is 11.4 Å². The van der Waals surface area contributed by atoms with Gasteiger partial charge in [-0.15, -0.1) is 11.8 Å². The summed E-state index contributed by atoms with van der Waals surface area (Å²) < 4.78 is 28.7. The Hall–Kier alpha value is -2.68. The van der Waals surface area contributed by atoms with Gasteiger partial charge in [0.25, 0.3) is 5.91 Å². The number of alkyl halides is 2. The number of fused-ring (bicyclic) bond motifs is 1. The molecule has 152 valence electrons. The number of amides is 1. The third-order valence-corrected chi connectivity index (χ3v) is 5.70. The molecule has 2 N–H and O–H groups in total. The number of hydrogen-bond acceptors (Lipinski definition) is 5. The van der Waals surface area contributed by atoms with E-state index in [0.29, 0.717) is 24.3 Å². The minimum absolute atomic E-state index is 0.120.